The van der Waals surface area contributed by atoms with E-state index < -0.39 is 17.6 Å². The van der Waals surface area contributed by atoms with Crippen LogP contribution in [0.25, 0.3) is 0 Å². The van der Waals surface area contributed by atoms with Gasteiger partial charge in [-0.1, -0.05) is 0 Å². The molecule has 0 N–H and O–H groups in total. The van der Waals surface area contributed by atoms with Gasteiger partial charge >= 0.3 is 11.8 Å². The quantitative estimate of drug-likeness (QED) is 0.522. The monoisotopic (exact) mass is 219 g/mol. The van der Waals surface area contributed by atoms with Gasteiger partial charge in [-0.15, -0.1) is 4.58 Å². The number of nitrogens with zero attached hydrogens (tertiary/aromatic N) is 2. The summed E-state index contributed by atoms with van der Waals surface area (Å²) < 4.78 is 14.1. The predicted molar refractivity (Wildman–Crippen MR) is 55.6 cm³/mol. The van der Waals surface area contributed by atoms with Crippen molar-refractivity contribution < 1.29 is 18.6 Å². The van der Waals surface area contributed by atoms with Gasteiger partial charge < -0.3 is 0 Å². The Morgan fingerprint density at radius 2 is 2.06 bits per heavy atom. The normalized spacial score (nSPS) is 15.2. The molecule has 0 saturated heterocycles. The molecule has 0 unspecified atom stereocenters. The number of rotatable bonds is 1. The zero-order valence-electron chi connectivity index (χ0n) is 8.48. The number of hydrogen-bond acceptors (Lipinski definition) is 2. The lowest BCUT2D eigenvalue weighted by Crippen LogP contribution is -2.29. The number of carbonyl (C=O) groups is 2. The fourth-order valence-electron chi connectivity index (χ4n) is 1.43. The molecule has 2 rings (SSSR count). The summed E-state index contributed by atoms with van der Waals surface area (Å²) in [6.45, 7) is 1.73. The first-order valence-electron chi connectivity index (χ1n) is 4.61. The van der Waals surface area contributed by atoms with E-state index in [1.807, 2.05) is 0 Å². The van der Waals surface area contributed by atoms with Crippen molar-refractivity contribution in [1.82, 2.24) is 0 Å². The first-order valence-corrected chi connectivity index (χ1v) is 4.61. The standard InChI is InChI=1S/C11H8FN2O2/c1-7-2-3-8(12)6-9(7)14-5-4-13-10(15)11(14)16/h2-6H,1H3/q+1. The third-order valence-corrected chi connectivity index (χ3v) is 2.24. The molecule has 0 saturated carbocycles. The molecule has 5 heteroatoms. The highest BCUT2D eigenvalue weighted by molar-refractivity contribution is 6.39. The van der Waals surface area contributed by atoms with Crippen molar-refractivity contribution in [3.63, 3.8) is 0 Å². The number of aryl methyl sites for hydroxylation is 1. The smallest absolute Gasteiger partial charge is 0.255 e. The fraction of sp³-hybridized carbons (Fsp3) is 0.0909. The van der Waals surface area contributed by atoms with Crippen LogP contribution in [-0.4, -0.2) is 28.8 Å². The minimum absolute atomic E-state index is 0.351. The van der Waals surface area contributed by atoms with Crippen LogP contribution in [0.2, 0.25) is 0 Å². The zero-order chi connectivity index (χ0) is 11.7. The molecule has 0 aliphatic carbocycles. The van der Waals surface area contributed by atoms with Gasteiger partial charge in [0.15, 0.2) is 6.21 Å². The van der Waals surface area contributed by atoms with Gasteiger partial charge in [0.1, 0.15) is 5.82 Å². The van der Waals surface area contributed by atoms with E-state index in [1.54, 1.807) is 13.0 Å². The molecule has 0 spiro atoms. The highest BCUT2D eigenvalue weighted by Gasteiger charge is 2.31. The Morgan fingerprint density at radius 1 is 1.31 bits per heavy atom. The van der Waals surface area contributed by atoms with Crippen LogP contribution in [0.5, 0.6) is 0 Å². The Bertz CT molecular complexity index is 547. The van der Waals surface area contributed by atoms with Gasteiger partial charge in [-0.25, -0.2) is 14.2 Å². The van der Waals surface area contributed by atoms with Gasteiger partial charge in [0.05, 0.1) is 6.21 Å². The van der Waals surface area contributed by atoms with Gasteiger partial charge in [-0.05, 0) is 19.1 Å². The maximum absolute atomic E-state index is 13.1. The van der Waals surface area contributed by atoms with Crippen molar-refractivity contribution >= 4 is 29.9 Å². The van der Waals surface area contributed by atoms with Crippen LogP contribution in [0.4, 0.5) is 10.1 Å². The number of carbonyl (C=O) groups excluding carboxylic acids is 2. The Morgan fingerprint density at radius 3 is 2.81 bits per heavy atom. The molecule has 1 heterocycles. The maximum Gasteiger partial charge on any atom is 0.485 e. The highest BCUT2D eigenvalue weighted by atomic mass is 19.1. The Labute approximate surface area is 90.7 Å². The van der Waals surface area contributed by atoms with Crippen LogP contribution in [-0.2, 0) is 9.59 Å². The van der Waals surface area contributed by atoms with Crippen molar-refractivity contribution in [3.8, 4) is 0 Å². The number of hydrogen-bond donors (Lipinski definition) is 0. The van der Waals surface area contributed by atoms with E-state index in [2.05, 4.69) is 4.99 Å². The summed E-state index contributed by atoms with van der Waals surface area (Å²) in [6, 6.07) is 4.04. The van der Waals surface area contributed by atoms with Crippen LogP contribution in [0.1, 0.15) is 5.56 Å². The van der Waals surface area contributed by atoms with E-state index in [0.717, 1.165) is 4.58 Å². The summed E-state index contributed by atoms with van der Waals surface area (Å²) in [5, 5.41) is 0. The Balaban J connectivity index is 2.56. The van der Waals surface area contributed by atoms with Crippen molar-refractivity contribution in [2.24, 2.45) is 4.99 Å². The van der Waals surface area contributed by atoms with Gasteiger partial charge in [-0.3, -0.25) is 4.79 Å². The van der Waals surface area contributed by atoms with Crippen LogP contribution in [0.3, 0.4) is 0 Å². The molecule has 1 aromatic rings. The van der Waals surface area contributed by atoms with E-state index in [-0.39, 0.29) is 0 Å². The topological polar surface area (TPSA) is 49.5 Å². The van der Waals surface area contributed by atoms with Crippen molar-refractivity contribution in [2.45, 2.75) is 6.92 Å². The molecule has 2 amide bonds. The van der Waals surface area contributed by atoms with Crippen molar-refractivity contribution in [3.05, 3.63) is 29.6 Å². The SMILES string of the molecule is Cc1ccc(F)cc1[N+]1=CC=NC(=O)C1=O. The molecule has 1 aliphatic rings. The summed E-state index contributed by atoms with van der Waals surface area (Å²) >= 11 is 0. The molecular weight excluding hydrogens is 211 g/mol. The van der Waals surface area contributed by atoms with Crippen LogP contribution < -0.4 is 0 Å². The second-order valence-corrected chi connectivity index (χ2v) is 3.34. The summed E-state index contributed by atoms with van der Waals surface area (Å²) in [7, 11) is 0. The largest absolute Gasteiger partial charge is 0.485 e. The average molecular weight is 219 g/mol. The fourth-order valence-corrected chi connectivity index (χ4v) is 1.43. The molecule has 1 aromatic carbocycles. The number of amides is 2. The van der Waals surface area contributed by atoms with Gasteiger partial charge in [0.2, 0.25) is 5.69 Å². The van der Waals surface area contributed by atoms with E-state index >= 15 is 0 Å². The summed E-state index contributed by atoms with van der Waals surface area (Å²) in [4.78, 5) is 25.9. The molecule has 0 fully saturated rings. The second kappa shape index (κ2) is 3.77. The molecule has 80 valence electrons. The molecular formula is C11H8FN2O2+. The maximum atomic E-state index is 13.1. The number of halogens is 1. The minimum atomic E-state index is -0.855. The first kappa shape index (κ1) is 10.4. The minimum Gasteiger partial charge on any atom is -0.255 e. The summed E-state index contributed by atoms with van der Waals surface area (Å²) in [6.07, 6.45) is 2.56. The van der Waals surface area contributed by atoms with Gasteiger partial charge in [0.25, 0.3) is 0 Å². The third kappa shape index (κ3) is 1.67. The molecule has 0 radical (unpaired) electrons. The number of benzene rings is 1. The van der Waals surface area contributed by atoms with Crippen molar-refractivity contribution in [1.29, 1.82) is 0 Å². The van der Waals surface area contributed by atoms with Crippen molar-refractivity contribution in [2.75, 3.05) is 0 Å². The molecule has 1 aliphatic heterocycles. The van der Waals surface area contributed by atoms with Crippen LogP contribution >= 0.6 is 0 Å². The predicted octanol–water partition coefficient (Wildman–Crippen LogP) is 0.987. The summed E-state index contributed by atoms with van der Waals surface area (Å²) in [5.41, 5.74) is 1.05. The molecule has 16 heavy (non-hydrogen) atoms. The van der Waals surface area contributed by atoms with Crippen LogP contribution in [0.15, 0.2) is 23.2 Å². The summed E-state index contributed by atoms with van der Waals surface area (Å²) in [5.74, 6) is -2.10. The highest BCUT2D eigenvalue weighted by Crippen LogP contribution is 2.19. The van der Waals surface area contributed by atoms with Gasteiger partial charge in [0, 0.05) is 11.6 Å². The molecule has 0 aromatic heterocycles. The lowest BCUT2D eigenvalue weighted by molar-refractivity contribution is -0.356. The zero-order valence-corrected chi connectivity index (χ0v) is 8.48. The molecule has 0 bridgehead atoms. The Hall–Kier alpha value is -2.17. The average Bonchev–Trinajstić information content (AvgIpc) is 2.26. The van der Waals surface area contributed by atoms with Crippen LogP contribution in [0, 0.1) is 12.7 Å². The molecule has 0 atom stereocenters. The van der Waals surface area contributed by atoms with E-state index in [9.17, 15) is 14.0 Å². The van der Waals surface area contributed by atoms with Gasteiger partial charge in [-0.2, -0.15) is 0 Å². The third-order valence-electron chi connectivity index (χ3n) is 2.24. The number of aliphatic imine (C=N–C) groups is 1. The molecule has 4 nitrogen and oxygen atoms in total. The Kier molecular flexibility index (Phi) is 2.44. The first-order chi connectivity index (χ1) is 7.59. The van der Waals surface area contributed by atoms with E-state index in [1.165, 1.54) is 24.6 Å². The second-order valence-electron chi connectivity index (χ2n) is 3.34. The van der Waals surface area contributed by atoms with E-state index in [0.29, 0.717) is 11.3 Å². The lowest BCUT2D eigenvalue weighted by atomic mass is 10.2. The lowest BCUT2D eigenvalue weighted by Gasteiger charge is -2.03. The van der Waals surface area contributed by atoms with E-state index in [4.69, 9.17) is 0 Å².